The topological polar surface area (TPSA) is 40.5 Å². The van der Waals surface area contributed by atoms with E-state index in [4.69, 9.17) is 11.6 Å². The van der Waals surface area contributed by atoms with Crippen LogP contribution in [0.3, 0.4) is 0 Å². The molecule has 3 nitrogen and oxygen atoms in total. The third-order valence-corrected chi connectivity index (χ3v) is 4.11. The number of Topliss-reactive ketones (excluding diaryl/α,β-unsaturated/α-hetero) is 1. The minimum Gasteiger partial charge on any atom is -0.507 e. The Morgan fingerprint density at radius 3 is 2.36 bits per heavy atom. The van der Waals surface area contributed by atoms with Gasteiger partial charge in [-0.3, -0.25) is 4.79 Å². The molecular formula is C17H15BrClNO2. The highest BCUT2D eigenvalue weighted by Crippen LogP contribution is 2.31. The Morgan fingerprint density at radius 2 is 1.77 bits per heavy atom. The van der Waals surface area contributed by atoms with Crippen molar-refractivity contribution in [2.75, 3.05) is 14.1 Å². The van der Waals surface area contributed by atoms with E-state index in [1.807, 2.05) is 30.3 Å². The lowest BCUT2D eigenvalue weighted by Gasteiger charge is -2.17. The Balaban J connectivity index is 2.63. The molecule has 0 unspecified atom stereocenters. The minimum absolute atomic E-state index is 0.0788. The van der Waals surface area contributed by atoms with Gasteiger partial charge in [0.1, 0.15) is 10.9 Å². The van der Waals surface area contributed by atoms with Gasteiger partial charge in [0.15, 0.2) is 5.78 Å². The van der Waals surface area contributed by atoms with Crippen LogP contribution in [0, 0.1) is 0 Å². The second-order valence-corrected chi connectivity index (χ2v) is 6.19. The van der Waals surface area contributed by atoms with Gasteiger partial charge < -0.3 is 10.0 Å². The molecule has 0 heterocycles. The summed E-state index contributed by atoms with van der Waals surface area (Å²) in [6, 6.07) is 13.9. The van der Waals surface area contributed by atoms with E-state index in [2.05, 4.69) is 15.9 Å². The number of allylic oxidation sites excluding steroid dienone is 1. The number of hydrogen-bond donors (Lipinski definition) is 1. The monoisotopic (exact) mass is 379 g/mol. The Morgan fingerprint density at radius 1 is 1.14 bits per heavy atom. The summed E-state index contributed by atoms with van der Waals surface area (Å²) in [6.45, 7) is 0. The van der Waals surface area contributed by atoms with E-state index < -0.39 is 0 Å². The van der Waals surface area contributed by atoms with E-state index >= 15 is 0 Å². The number of carbonyl (C=O) groups is 1. The number of benzene rings is 2. The molecule has 0 aliphatic heterocycles. The van der Waals surface area contributed by atoms with E-state index in [9.17, 15) is 9.90 Å². The Bertz CT molecular complexity index is 727. The van der Waals surface area contributed by atoms with Crippen LogP contribution in [0.2, 0.25) is 0 Å². The van der Waals surface area contributed by atoms with Crippen molar-refractivity contribution in [1.82, 2.24) is 4.90 Å². The maximum absolute atomic E-state index is 12.9. The van der Waals surface area contributed by atoms with E-state index in [0.29, 0.717) is 20.8 Å². The maximum Gasteiger partial charge on any atom is 0.200 e. The van der Waals surface area contributed by atoms with Crippen LogP contribution >= 0.6 is 27.5 Å². The fourth-order valence-corrected chi connectivity index (χ4v) is 2.55. The van der Waals surface area contributed by atoms with Crippen molar-refractivity contribution >= 4 is 38.9 Å². The highest BCUT2D eigenvalue weighted by atomic mass is 79.9. The van der Waals surface area contributed by atoms with Crippen molar-refractivity contribution in [3.05, 3.63) is 69.3 Å². The molecule has 5 heteroatoms. The lowest BCUT2D eigenvalue weighted by Crippen LogP contribution is -2.14. The number of halogens is 2. The molecule has 0 saturated carbocycles. The van der Waals surface area contributed by atoms with Crippen LogP contribution in [0.5, 0.6) is 5.75 Å². The molecule has 2 aromatic rings. The van der Waals surface area contributed by atoms with Gasteiger partial charge in [0.2, 0.25) is 0 Å². The summed E-state index contributed by atoms with van der Waals surface area (Å²) in [6.07, 6.45) is 0. The normalized spacial score (nSPS) is 11.8. The number of rotatable bonds is 4. The van der Waals surface area contributed by atoms with Gasteiger partial charge in [0, 0.05) is 18.6 Å². The van der Waals surface area contributed by atoms with Crippen molar-refractivity contribution in [3.8, 4) is 5.75 Å². The number of carbonyl (C=O) groups excluding carboxylic acids is 1. The van der Waals surface area contributed by atoms with Crippen LogP contribution in [0.15, 0.2) is 58.2 Å². The molecular weight excluding hydrogens is 366 g/mol. The molecule has 0 saturated heterocycles. The molecule has 0 fully saturated rings. The molecule has 2 aromatic carbocycles. The molecule has 2 rings (SSSR count). The van der Waals surface area contributed by atoms with E-state index in [1.165, 1.54) is 6.07 Å². The summed E-state index contributed by atoms with van der Waals surface area (Å²) in [5.41, 5.74) is 1.25. The first-order chi connectivity index (χ1) is 10.4. The SMILES string of the molecule is CN(C)/C(Cl)=C(\C(=O)c1cc(Br)ccc1O)c1ccccc1. The fourth-order valence-electron chi connectivity index (χ4n) is 2.00. The molecule has 0 bridgehead atoms. The number of aromatic hydroxyl groups is 1. The van der Waals surface area contributed by atoms with Gasteiger partial charge >= 0.3 is 0 Å². The number of hydrogen-bond acceptors (Lipinski definition) is 3. The minimum atomic E-state index is -0.330. The number of phenols is 1. The lowest BCUT2D eigenvalue weighted by atomic mass is 9.96. The van der Waals surface area contributed by atoms with Crippen LogP contribution in [0.25, 0.3) is 5.57 Å². The average Bonchev–Trinajstić information content (AvgIpc) is 2.50. The van der Waals surface area contributed by atoms with Gasteiger partial charge in [-0.15, -0.1) is 0 Å². The molecule has 0 aliphatic rings. The Kier molecular flexibility index (Phi) is 5.27. The van der Waals surface area contributed by atoms with Gasteiger partial charge in [-0.1, -0.05) is 57.9 Å². The lowest BCUT2D eigenvalue weighted by molar-refractivity contribution is 0.105. The predicted molar refractivity (Wildman–Crippen MR) is 93.0 cm³/mol. The first-order valence-electron chi connectivity index (χ1n) is 6.57. The molecule has 0 aromatic heterocycles. The highest BCUT2D eigenvalue weighted by molar-refractivity contribution is 9.10. The number of ketones is 1. The van der Waals surface area contributed by atoms with E-state index in [0.717, 1.165) is 0 Å². The number of nitrogens with zero attached hydrogens (tertiary/aromatic N) is 1. The van der Waals surface area contributed by atoms with Gasteiger partial charge in [-0.25, -0.2) is 0 Å². The second-order valence-electron chi connectivity index (χ2n) is 4.92. The smallest absolute Gasteiger partial charge is 0.200 e. The molecule has 1 N–H and O–H groups in total. The standard InChI is InChI=1S/C17H15BrClNO2/c1-20(2)17(19)15(11-6-4-3-5-7-11)16(22)13-10-12(18)8-9-14(13)21/h3-10,21H,1-2H3/b17-15-. The summed E-state index contributed by atoms with van der Waals surface area (Å²) in [7, 11) is 3.53. The van der Waals surface area contributed by atoms with Crippen molar-refractivity contribution in [2.45, 2.75) is 0 Å². The Hall–Kier alpha value is -1.78. The van der Waals surface area contributed by atoms with Gasteiger partial charge in [0.05, 0.1) is 11.1 Å². The zero-order valence-electron chi connectivity index (χ0n) is 12.2. The van der Waals surface area contributed by atoms with Crippen LogP contribution in [-0.4, -0.2) is 29.9 Å². The zero-order valence-corrected chi connectivity index (χ0v) is 14.5. The van der Waals surface area contributed by atoms with Gasteiger partial charge in [-0.2, -0.15) is 0 Å². The van der Waals surface area contributed by atoms with E-state index in [1.54, 1.807) is 31.1 Å². The van der Waals surface area contributed by atoms with Crippen LogP contribution in [0.1, 0.15) is 15.9 Å². The number of phenolic OH excluding ortho intramolecular Hbond substituents is 1. The summed E-state index contributed by atoms with van der Waals surface area (Å²) in [4.78, 5) is 14.6. The highest BCUT2D eigenvalue weighted by Gasteiger charge is 2.22. The van der Waals surface area contributed by atoms with Crippen molar-refractivity contribution < 1.29 is 9.90 Å². The van der Waals surface area contributed by atoms with E-state index in [-0.39, 0.29) is 17.1 Å². The van der Waals surface area contributed by atoms with Crippen molar-refractivity contribution in [1.29, 1.82) is 0 Å². The largest absolute Gasteiger partial charge is 0.507 e. The summed E-state index contributed by atoms with van der Waals surface area (Å²) in [5, 5.41) is 10.3. The summed E-state index contributed by atoms with van der Waals surface area (Å²) in [5.74, 6) is -0.409. The summed E-state index contributed by atoms with van der Waals surface area (Å²) >= 11 is 9.66. The third kappa shape index (κ3) is 3.51. The second kappa shape index (κ2) is 6.99. The van der Waals surface area contributed by atoms with Crippen molar-refractivity contribution in [3.63, 3.8) is 0 Å². The molecule has 22 heavy (non-hydrogen) atoms. The predicted octanol–water partition coefficient (Wildman–Crippen LogP) is 4.51. The Labute approximate surface area is 143 Å². The average molecular weight is 381 g/mol. The zero-order chi connectivity index (χ0) is 16.3. The van der Waals surface area contributed by atoms with Crippen LogP contribution in [-0.2, 0) is 0 Å². The molecule has 0 amide bonds. The summed E-state index contributed by atoms with van der Waals surface area (Å²) < 4.78 is 0.710. The van der Waals surface area contributed by atoms with Gasteiger partial charge in [0.25, 0.3) is 0 Å². The molecule has 114 valence electrons. The first kappa shape index (κ1) is 16.6. The van der Waals surface area contributed by atoms with Crippen LogP contribution in [0.4, 0.5) is 0 Å². The molecule has 0 spiro atoms. The van der Waals surface area contributed by atoms with Crippen molar-refractivity contribution in [2.24, 2.45) is 0 Å². The first-order valence-corrected chi connectivity index (χ1v) is 7.74. The fraction of sp³-hybridized carbons (Fsp3) is 0.118. The van der Waals surface area contributed by atoms with Gasteiger partial charge in [-0.05, 0) is 23.8 Å². The molecule has 0 radical (unpaired) electrons. The molecule has 0 aliphatic carbocycles. The molecule has 0 atom stereocenters. The third-order valence-electron chi connectivity index (χ3n) is 3.09. The quantitative estimate of drug-likeness (QED) is 0.482. The van der Waals surface area contributed by atoms with Crippen LogP contribution < -0.4 is 0 Å². The maximum atomic E-state index is 12.9.